The Morgan fingerprint density at radius 2 is 2.12 bits per heavy atom. The molecular formula is C20H28O5. The van der Waals surface area contributed by atoms with E-state index < -0.39 is 6.10 Å². The maximum absolute atomic E-state index is 12.2. The summed E-state index contributed by atoms with van der Waals surface area (Å²) in [5, 5.41) is 10.8. The Balaban J connectivity index is 1.62. The third-order valence-corrected chi connectivity index (χ3v) is 7.70. The fourth-order valence-electron chi connectivity index (χ4n) is 6.04. The van der Waals surface area contributed by atoms with Crippen molar-refractivity contribution in [2.24, 2.45) is 28.6 Å². The predicted octanol–water partition coefficient (Wildman–Crippen LogP) is 2.62. The van der Waals surface area contributed by atoms with Crippen molar-refractivity contribution in [1.82, 2.24) is 0 Å². The summed E-state index contributed by atoms with van der Waals surface area (Å²) in [7, 11) is 0. The Morgan fingerprint density at radius 1 is 1.32 bits per heavy atom. The van der Waals surface area contributed by atoms with Crippen molar-refractivity contribution in [3.05, 3.63) is 11.6 Å². The fraction of sp³-hybridized carbons (Fsp3) is 0.800. The molecule has 138 valence electrons. The van der Waals surface area contributed by atoms with E-state index in [1.54, 1.807) is 0 Å². The number of hydrogen-bond donors (Lipinski definition) is 1. The number of allylic oxidation sites excluding steroid dienone is 1. The molecule has 1 N–H and O–H groups in total. The molecule has 1 spiro atoms. The van der Waals surface area contributed by atoms with Crippen molar-refractivity contribution in [3.8, 4) is 0 Å². The molecule has 2 unspecified atom stereocenters. The van der Waals surface area contributed by atoms with Gasteiger partial charge >= 0.3 is 11.9 Å². The lowest BCUT2D eigenvalue weighted by molar-refractivity contribution is -0.139. The molecule has 3 fully saturated rings. The SMILES string of the molecule is C[C@@H]1[C@H](O)C[C@@]23COC(=O)C2=CCCC3[C@@]1(C)CCC1COC(=O)C1. The summed E-state index contributed by atoms with van der Waals surface area (Å²) in [6.45, 7) is 5.35. The lowest BCUT2D eigenvalue weighted by atomic mass is 9.46. The third-order valence-electron chi connectivity index (χ3n) is 7.70. The predicted molar refractivity (Wildman–Crippen MR) is 90.4 cm³/mol. The van der Waals surface area contributed by atoms with Gasteiger partial charge in [-0.05, 0) is 49.4 Å². The number of hydrogen-bond acceptors (Lipinski definition) is 5. The van der Waals surface area contributed by atoms with Gasteiger partial charge in [-0.15, -0.1) is 0 Å². The van der Waals surface area contributed by atoms with Crippen LogP contribution in [0.15, 0.2) is 11.6 Å². The van der Waals surface area contributed by atoms with E-state index in [4.69, 9.17) is 9.47 Å². The van der Waals surface area contributed by atoms with E-state index in [1.807, 2.05) is 6.08 Å². The zero-order chi connectivity index (χ0) is 17.8. The fourth-order valence-corrected chi connectivity index (χ4v) is 6.04. The first-order valence-electron chi connectivity index (χ1n) is 9.58. The Kier molecular flexibility index (Phi) is 3.98. The van der Waals surface area contributed by atoms with Crippen molar-refractivity contribution < 1.29 is 24.2 Å². The Bertz CT molecular complexity index is 626. The maximum atomic E-state index is 12.2. The van der Waals surface area contributed by atoms with Gasteiger partial charge in [0.15, 0.2) is 0 Å². The molecule has 2 aliphatic carbocycles. The molecule has 0 radical (unpaired) electrons. The van der Waals surface area contributed by atoms with E-state index in [2.05, 4.69) is 13.8 Å². The molecule has 0 aromatic carbocycles. The summed E-state index contributed by atoms with van der Waals surface area (Å²) < 4.78 is 10.6. The number of esters is 2. The van der Waals surface area contributed by atoms with Crippen LogP contribution in [0, 0.1) is 28.6 Å². The van der Waals surface area contributed by atoms with E-state index in [-0.39, 0.29) is 34.6 Å². The standard InChI is InChI=1S/C20H28O5/c1-12-15(21)9-20-11-25-18(23)14(20)4-3-5-16(20)19(12,2)7-6-13-8-17(22)24-10-13/h4,12-13,15-16,21H,3,5-11H2,1-2H3/t12-,13?,15-,16?,19+,20-/m1/s1. The minimum atomic E-state index is -0.432. The van der Waals surface area contributed by atoms with Gasteiger partial charge in [-0.1, -0.05) is 19.9 Å². The van der Waals surface area contributed by atoms with Crippen molar-refractivity contribution in [3.63, 3.8) is 0 Å². The first kappa shape index (κ1) is 17.1. The largest absolute Gasteiger partial charge is 0.465 e. The molecule has 25 heavy (non-hydrogen) atoms. The average Bonchev–Trinajstić information content (AvgIpc) is 3.15. The van der Waals surface area contributed by atoms with Gasteiger partial charge in [0.25, 0.3) is 0 Å². The Labute approximate surface area is 148 Å². The number of rotatable bonds is 3. The number of aliphatic hydroxyl groups is 1. The second-order valence-electron chi connectivity index (χ2n) is 8.84. The van der Waals surface area contributed by atoms with Crippen LogP contribution in [0.5, 0.6) is 0 Å². The summed E-state index contributed by atoms with van der Waals surface area (Å²) in [6.07, 6.45) is 6.55. The molecule has 4 rings (SSSR count). The first-order valence-corrected chi connectivity index (χ1v) is 9.58. The van der Waals surface area contributed by atoms with Crippen LogP contribution < -0.4 is 0 Å². The molecule has 0 bridgehead atoms. The minimum Gasteiger partial charge on any atom is -0.465 e. The summed E-state index contributed by atoms with van der Waals surface area (Å²) in [5.74, 6) is 0.496. The topological polar surface area (TPSA) is 72.8 Å². The molecule has 0 aromatic rings. The van der Waals surface area contributed by atoms with E-state index in [0.29, 0.717) is 32.0 Å². The van der Waals surface area contributed by atoms with Crippen molar-refractivity contribution in [2.75, 3.05) is 13.2 Å². The van der Waals surface area contributed by atoms with Crippen LogP contribution in [0.4, 0.5) is 0 Å². The molecule has 2 heterocycles. The van der Waals surface area contributed by atoms with Gasteiger partial charge in [0.2, 0.25) is 0 Å². The zero-order valence-electron chi connectivity index (χ0n) is 15.1. The monoisotopic (exact) mass is 348 g/mol. The number of carbonyl (C=O) groups excluding carboxylic acids is 2. The number of ether oxygens (including phenoxy) is 2. The normalized spacial score (nSPS) is 46.1. The lowest BCUT2D eigenvalue weighted by Crippen LogP contribution is -2.56. The molecule has 0 aromatic heterocycles. The molecule has 2 aliphatic heterocycles. The van der Waals surface area contributed by atoms with Gasteiger partial charge < -0.3 is 14.6 Å². The van der Waals surface area contributed by atoms with Gasteiger partial charge in [0, 0.05) is 16.9 Å². The highest BCUT2D eigenvalue weighted by atomic mass is 16.5. The summed E-state index contributed by atoms with van der Waals surface area (Å²) in [4.78, 5) is 23.6. The van der Waals surface area contributed by atoms with E-state index in [9.17, 15) is 14.7 Å². The molecule has 5 nitrogen and oxygen atoms in total. The van der Waals surface area contributed by atoms with Crippen LogP contribution in [0.1, 0.15) is 52.4 Å². The molecular weight excluding hydrogens is 320 g/mol. The highest BCUT2D eigenvalue weighted by Crippen LogP contribution is 2.64. The number of aliphatic hydroxyl groups excluding tert-OH is 1. The van der Waals surface area contributed by atoms with E-state index >= 15 is 0 Å². The van der Waals surface area contributed by atoms with Gasteiger partial charge in [0.1, 0.15) is 6.61 Å². The summed E-state index contributed by atoms with van der Waals surface area (Å²) in [5.41, 5.74) is 0.412. The lowest BCUT2D eigenvalue weighted by Gasteiger charge is -2.58. The molecule has 2 saturated heterocycles. The van der Waals surface area contributed by atoms with Crippen LogP contribution in [0.3, 0.4) is 0 Å². The smallest absolute Gasteiger partial charge is 0.334 e. The zero-order valence-corrected chi connectivity index (χ0v) is 15.1. The average molecular weight is 348 g/mol. The quantitative estimate of drug-likeness (QED) is 0.794. The minimum absolute atomic E-state index is 0.0726. The highest BCUT2D eigenvalue weighted by Gasteiger charge is 2.63. The molecule has 1 saturated carbocycles. The Morgan fingerprint density at radius 3 is 2.84 bits per heavy atom. The summed E-state index contributed by atoms with van der Waals surface area (Å²) in [6, 6.07) is 0. The number of cyclic esters (lactones) is 2. The van der Waals surface area contributed by atoms with Crippen molar-refractivity contribution >= 4 is 11.9 Å². The van der Waals surface area contributed by atoms with Gasteiger partial charge in [-0.2, -0.15) is 0 Å². The van der Waals surface area contributed by atoms with E-state index in [1.165, 1.54) is 0 Å². The van der Waals surface area contributed by atoms with E-state index in [0.717, 1.165) is 31.3 Å². The van der Waals surface area contributed by atoms with Gasteiger partial charge in [-0.3, -0.25) is 4.79 Å². The second kappa shape index (κ2) is 5.83. The third kappa shape index (κ3) is 2.46. The molecule has 6 atom stereocenters. The maximum Gasteiger partial charge on any atom is 0.334 e. The number of carbonyl (C=O) groups is 2. The van der Waals surface area contributed by atoms with Crippen LogP contribution >= 0.6 is 0 Å². The Hall–Kier alpha value is -1.36. The van der Waals surface area contributed by atoms with Crippen LogP contribution in [-0.2, 0) is 19.1 Å². The van der Waals surface area contributed by atoms with Crippen LogP contribution in [0.2, 0.25) is 0 Å². The van der Waals surface area contributed by atoms with Crippen LogP contribution in [-0.4, -0.2) is 36.4 Å². The first-order chi connectivity index (χ1) is 11.9. The molecule has 4 aliphatic rings. The highest BCUT2D eigenvalue weighted by molar-refractivity contribution is 5.92. The van der Waals surface area contributed by atoms with Crippen molar-refractivity contribution in [1.29, 1.82) is 0 Å². The van der Waals surface area contributed by atoms with Crippen molar-refractivity contribution in [2.45, 2.75) is 58.5 Å². The van der Waals surface area contributed by atoms with Gasteiger partial charge in [0.05, 0.1) is 19.1 Å². The summed E-state index contributed by atoms with van der Waals surface area (Å²) >= 11 is 0. The molecule has 0 amide bonds. The van der Waals surface area contributed by atoms with Gasteiger partial charge in [-0.25, -0.2) is 4.79 Å². The van der Waals surface area contributed by atoms with Crippen LogP contribution in [0.25, 0.3) is 0 Å². The second-order valence-corrected chi connectivity index (χ2v) is 8.84. The molecule has 5 heteroatoms.